The van der Waals surface area contributed by atoms with Crippen molar-refractivity contribution in [3.63, 3.8) is 0 Å². The third kappa shape index (κ3) is 3.19. The number of hydrogen-bond acceptors (Lipinski definition) is 3. The summed E-state index contributed by atoms with van der Waals surface area (Å²) in [5.41, 5.74) is 0.00306. The second kappa shape index (κ2) is 5.66. The minimum absolute atomic E-state index is 0.00306. The van der Waals surface area contributed by atoms with Crippen LogP contribution in [0, 0.1) is 5.92 Å². The van der Waals surface area contributed by atoms with Crippen molar-refractivity contribution in [2.45, 2.75) is 32.1 Å². The van der Waals surface area contributed by atoms with Crippen molar-refractivity contribution in [3.05, 3.63) is 24.0 Å². The molecule has 1 aromatic rings. The highest BCUT2D eigenvalue weighted by molar-refractivity contribution is 5.88. The molecule has 4 nitrogen and oxygen atoms in total. The van der Waals surface area contributed by atoms with E-state index in [-0.39, 0.29) is 5.69 Å². The summed E-state index contributed by atoms with van der Waals surface area (Å²) in [6.07, 6.45) is 7.66. The second-order valence-corrected chi connectivity index (χ2v) is 4.47. The average Bonchev–Trinajstić information content (AvgIpc) is 2.38. The van der Waals surface area contributed by atoms with Crippen LogP contribution >= 0.6 is 0 Å². The maximum Gasteiger partial charge on any atom is 0.358 e. The Morgan fingerprint density at radius 1 is 1.41 bits per heavy atom. The molecule has 0 saturated heterocycles. The summed E-state index contributed by atoms with van der Waals surface area (Å²) in [4.78, 5) is 14.7. The van der Waals surface area contributed by atoms with Gasteiger partial charge in [0, 0.05) is 6.20 Å². The largest absolute Gasteiger partial charge is 0.491 e. The molecule has 1 aliphatic carbocycles. The fraction of sp³-hybridized carbons (Fsp3) is 0.538. The van der Waals surface area contributed by atoms with Crippen molar-refractivity contribution in [1.29, 1.82) is 0 Å². The van der Waals surface area contributed by atoms with Gasteiger partial charge in [0.05, 0.1) is 6.61 Å². The van der Waals surface area contributed by atoms with Gasteiger partial charge in [-0.1, -0.05) is 19.3 Å². The maximum atomic E-state index is 10.9. The highest BCUT2D eigenvalue weighted by atomic mass is 16.5. The predicted octanol–water partition coefficient (Wildman–Crippen LogP) is 2.74. The molecule has 1 N–H and O–H groups in total. The average molecular weight is 235 g/mol. The first-order valence-electron chi connectivity index (χ1n) is 6.08. The first kappa shape index (κ1) is 11.9. The number of pyridine rings is 1. The van der Waals surface area contributed by atoms with Gasteiger partial charge in [-0.15, -0.1) is 0 Å². The number of aromatic carboxylic acids is 1. The van der Waals surface area contributed by atoms with Gasteiger partial charge in [0.2, 0.25) is 0 Å². The highest BCUT2D eigenvalue weighted by Crippen LogP contribution is 2.25. The van der Waals surface area contributed by atoms with Gasteiger partial charge >= 0.3 is 5.97 Å². The van der Waals surface area contributed by atoms with Crippen molar-refractivity contribution in [2.75, 3.05) is 6.61 Å². The monoisotopic (exact) mass is 235 g/mol. The molecule has 2 rings (SSSR count). The maximum absolute atomic E-state index is 10.9. The Morgan fingerprint density at radius 2 is 2.18 bits per heavy atom. The van der Waals surface area contributed by atoms with Gasteiger partial charge in [-0.2, -0.15) is 0 Å². The summed E-state index contributed by atoms with van der Waals surface area (Å²) in [7, 11) is 0. The summed E-state index contributed by atoms with van der Waals surface area (Å²) >= 11 is 0. The van der Waals surface area contributed by atoms with Crippen LogP contribution in [-0.2, 0) is 0 Å². The zero-order valence-corrected chi connectivity index (χ0v) is 9.76. The highest BCUT2D eigenvalue weighted by Gasteiger charge is 2.17. The molecule has 0 radical (unpaired) electrons. The van der Waals surface area contributed by atoms with Gasteiger partial charge in [0.25, 0.3) is 0 Å². The lowest BCUT2D eigenvalue weighted by Crippen LogP contribution is -2.16. The summed E-state index contributed by atoms with van der Waals surface area (Å²) in [5.74, 6) is -0.0968. The Hall–Kier alpha value is -1.58. The fourth-order valence-corrected chi connectivity index (χ4v) is 2.23. The lowest BCUT2D eigenvalue weighted by molar-refractivity contribution is 0.0683. The van der Waals surface area contributed by atoms with Crippen LogP contribution in [0.15, 0.2) is 18.3 Å². The van der Waals surface area contributed by atoms with Crippen LogP contribution in [0.25, 0.3) is 0 Å². The summed E-state index contributed by atoms with van der Waals surface area (Å²) in [6, 6.07) is 3.36. The Balaban J connectivity index is 1.96. The number of rotatable bonds is 4. The smallest absolute Gasteiger partial charge is 0.358 e. The second-order valence-electron chi connectivity index (χ2n) is 4.47. The topological polar surface area (TPSA) is 59.4 Å². The van der Waals surface area contributed by atoms with Gasteiger partial charge < -0.3 is 9.84 Å². The molecule has 1 fully saturated rings. The molecule has 0 aromatic carbocycles. The zero-order chi connectivity index (χ0) is 12.1. The van der Waals surface area contributed by atoms with E-state index in [0.29, 0.717) is 18.3 Å². The summed E-state index contributed by atoms with van der Waals surface area (Å²) < 4.78 is 5.59. The van der Waals surface area contributed by atoms with Gasteiger partial charge in [-0.05, 0) is 30.9 Å². The van der Waals surface area contributed by atoms with E-state index in [0.717, 1.165) is 0 Å². The van der Waals surface area contributed by atoms with Gasteiger partial charge in [-0.25, -0.2) is 9.78 Å². The Labute approximate surface area is 101 Å². The van der Waals surface area contributed by atoms with Crippen LogP contribution in [0.2, 0.25) is 0 Å². The minimum Gasteiger partial charge on any atom is -0.491 e. The first-order valence-corrected chi connectivity index (χ1v) is 6.08. The molecule has 0 spiro atoms. The first-order chi connectivity index (χ1) is 8.27. The molecular formula is C13H17NO3. The van der Waals surface area contributed by atoms with E-state index in [1.165, 1.54) is 38.3 Å². The van der Waals surface area contributed by atoms with Crippen LogP contribution < -0.4 is 4.74 Å². The molecular weight excluding hydrogens is 218 g/mol. The minimum atomic E-state index is -1.04. The number of ether oxygens (including phenoxy) is 1. The predicted molar refractivity (Wildman–Crippen MR) is 63.3 cm³/mol. The molecule has 0 bridgehead atoms. The van der Waals surface area contributed by atoms with Crippen molar-refractivity contribution >= 4 is 5.97 Å². The molecule has 0 atom stereocenters. The summed E-state index contributed by atoms with van der Waals surface area (Å²) in [6.45, 7) is 0.603. The van der Waals surface area contributed by atoms with Crippen LogP contribution in [0.4, 0.5) is 0 Å². The van der Waals surface area contributed by atoms with E-state index in [9.17, 15) is 4.79 Å². The van der Waals surface area contributed by atoms with E-state index in [1.54, 1.807) is 12.1 Å². The quantitative estimate of drug-likeness (QED) is 0.871. The standard InChI is InChI=1S/C13H17NO3/c15-13(16)12-11(7-4-8-14-12)17-9-10-5-2-1-3-6-10/h4,7-8,10H,1-3,5-6,9H2,(H,15,16). The van der Waals surface area contributed by atoms with Crippen LogP contribution in [0.3, 0.4) is 0 Å². The third-order valence-corrected chi connectivity index (χ3v) is 3.17. The fourth-order valence-electron chi connectivity index (χ4n) is 2.23. The lowest BCUT2D eigenvalue weighted by Gasteiger charge is -2.21. The molecule has 0 unspecified atom stereocenters. The molecule has 1 saturated carbocycles. The Kier molecular flexibility index (Phi) is 3.96. The molecule has 1 heterocycles. The Bertz CT molecular complexity index is 386. The molecule has 0 amide bonds. The number of nitrogens with zero attached hydrogens (tertiary/aromatic N) is 1. The lowest BCUT2D eigenvalue weighted by atomic mass is 9.90. The number of carbonyl (C=O) groups is 1. The van der Waals surface area contributed by atoms with E-state index in [2.05, 4.69) is 4.98 Å². The van der Waals surface area contributed by atoms with Crippen LogP contribution in [0.1, 0.15) is 42.6 Å². The number of hydrogen-bond donors (Lipinski definition) is 1. The molecule has 17 heavy (non-hydrogen) atoms. The SMILES string of the molecule is O=C(O)c1ncccc1OCC1CCCCC1. The van der Waals surface area contributed by atoms with E-state index < -0.39 is 5.97 Å². The number of carboxylic acids is 1. The molecule has 1 aliphatic rings. The number of aromatic nitrogens is 1. The molecule has 4 heteroatoms. The van der Waals surface area contributed by atoms with Gasteiger partial charge in [-0.3, -0.25) is 0 Å². The van der Waals surface area contributed by atoms with Crippen molar-refractivity contribution in [1.82, 2.24) is 4.98 Å². The van der Waals surface area contributed by atoms with Crippen molar-refractivity contribution < 1.29 is 14.6 Å². The van der Waals surface area contributed by atoms with Crippen LogP contribution in [0.5, 0.6) is 5.75 Å². The summed E-state index contributed by atoms with van der Waals surface area (Å²) in [5, 5.41) is 8.96. The normalized spacial score (nSPS) is 16.7. The van der Waals surface area contributed by atoms with Crippen LogP contribution in [-0.4, -0.2) is 22.7 Å². The van der Waals surface area contributed by atoms with Crippen molar-refractivity contribution in [3.8, 4) is 5.75 Å². The van der Waals surface area contributed by atoms with Crippen molar-refractivity contribution in [2.24, 2.45) is 5.92 Å². The molecule has 92 valence electrons. The Morgan fingerprint density at radius 3 is 2.88 bits per heavy atom. The number of carboxylic acid groups (broad SMARTS) is 1. The molecule has 0 aliphatic heterocycles. The third-order valence-electron chi connectivity index (χ3n) is 3.17. The van der Waals surface area contributed by atoms with Gasteiger partial charge in [0.1, 0.15) is 0 Å². The van der Waals surface area contributed by atoms with E-state index >= 15 is 0 Å². The zero-order valence-electron chi connectivity index (χ0n) is 9.76. The van der Waals surface area contributed by atoms with E-state index in [4.69, 9.17) is 9.84 Å². The molecule has 1 aromatic heterocycles. The van der Waals surface area contributed by atoms with E-state index in [1.807, 2.05) is 0 Å². The van der Waals surface area contributed by atoms with Gasteiger partial charge in [0.15, 0.2) is 11.4 Å².